The predicted molar refractivity (Wildman–Crippen MR) is 57.8 cm³/mol. The molecule has 0 aliphatic heterocycles. The zero-order chi connectivity index (χ0) is 11.8. The molecule has 0 heterocycles. The van der Waals surface area contributed by atoms with Gasteiger partial charge in [-0.15, -0.1) is 0 Å². The van der Waals surface area contributed by atoms with Crippen LogP contribution in [0.15, 0.2) is 0 Å². The molecule has 5 nitrogen and oxygen atoms in total. The number of nitrogens with zero attached hydrogens (tertiary/aromatic N) is 2. The fourth-order valence-electron chi connectivity index (χ4n) is 1.34. The minimum atomic E-state index is -0.974. The quantitative estimate of drug-likeness (QED) is 0.726. The topological polar surface area (TPSA) is 60.9 Å². The van der Waals surface area contributed by atoms with Gasteiger partial charge in [0.1, 0.15) is 6.54 Å². The molecule has 0 radical (unpaired) electrons. The van der Waals surface area contributed by atoms with E-state index < -0.39 is 5.97 Å². The van der Waals surface area contributed by atoms with Gasteiger partial charge in [0.05, 0.1) is 0 Å². The lowest BCUT2D eigenvalue weighted by molar-refractivity contribution is -0.137. The molecule has 0 rings (SSSR count). The minimum absolute atomic E-state index is 0.191. The molecule has 0 spiro atoms. The van der Waals surface area contributed by atoms with E-state index in [1.807, 2.05) is 13.8 Å². The molecule has 88 valence electrons. The summed E-state index contributed by atoms with van der Waals surface area (Å²) in [6, 6.07) is -0.191. The average molecular weight is 216 g/mol. The summed E-state index contributed by atoms with van der Waals surface area (Å²) in [4.78, 5) is 25.3. The lowest BCUT2D eigenvalue weighted by atomic mass is 10.4. The first-order valence-corrected chi connectivity index (χ1v) is 5.32. The van der Waals surface area contributed by atoms with Gasteiger partial charge in [-0.05, 0) is 20.3 Å². The zero-order valence-corrected chi connectivity index (χ0v) is 9.69. The highest BCUT2D eigenvalue weighted by Crippen LogP contribution is 2.00. The summed E-state index contributed by atoms with van der Waals surface area (Å²) in [5, 5.41) is 8.64. The lowest BCUT2D eigenvalue weighted by Crippen LogP contribution is -2.45. The third-order valence-corrected chi connectivity index (χ3v) is 2.12. The van der Waals surface area contributed by atoms with Crippen LogP contribution in [0.2, 0.25) is 0 Å². The van der Waals surface area contributed by atoms with Gasteiger partial charge in [0.2, 0.25) is 0 Å². The van der Waals surface area contributed by atoms with Crippen molar-refractivity contribution in [2.24, 2.45) is 0 Å². The maximum absolute atomic E-state index is 11.8. The molecule has 0 saturated heterocycles. The maximum Gasteiger partial charge on any atom is 0.323 e. The molecule has 0 bridgehead atoms. The third-order valence-electron chi connectivity index (χ3n) is 2.12. The van der Waals surface area contributed by atoms with Crippen LogP contribution in [-0.4, -0.2) is 53.1 Å². The standard InChI is InChI=1S/C10H20N2O3/c1-4-7-11(5-2)10(15)12(6-3)8-9(13)14/h4-8H2,1-3H3,(H,13,14). The van der Waals surface area contributed by atoms with Gasteiger partial charge >= 0.3 is 12.0 Å². The Bertz CT molecular complexity index is 219. The monoisotopic (exact) mass is 216 g/mol. The maximum atomic E-state index is 11.8. The van der Waals surface area contributed by atoms with Crippen LogP contribution in [0.25, 0.3) is 0 Å². The molecule has 0 aliphatic rings. The van der Waals surface area contributed by atoms with E-state index in [0.29, 0.717) is 19.6 Å². The molecule has 0 fully saturated rings. The van der Waals surface area contributed by atoms with E-state index in [1.54, 1.807) is 11.8 Å². The van der Waals surface area contributed by atoms with Crippen molar-refractivity contribution in [1.29, 1.82) is 0 Å². The average Bonchev–Trinajstić information content (AvgIpc) is 2.21. The number of likely N-dealkylation sites (N-methyl/N-ethyl adjacent to an activating group) is 1. The second kappa shape index (κ2) is 7.09. The molecule has 0 aliphatic carbocycles. The Balaban J connectivity index is 4.39. The largest absolute Gasteiger partial charge is 0.480 e. The molecule has 1 N–H and O–H groups in total. The normalized spacial score (nSPS) is 9.80. The van der Waals surface area contributed by atoms with Crippen LogP contribution in [0, 0.1) is 0 Å². The first kappa shape index (κ1) is 13.7. The number of carboxylic acid groups (broad SMARTS) is 1. The Morgan fingerprint density at radius 1 is 1.07 bits per heavy atom. The number of hydrogen-bond donors (Lipinski definition) is 1. The van der Waals surface area contributed by atoms with Gasteiger partial charge in [-0.3, -0.25) is 4.79 Å². The van der Waals surface area contributed by atoms with Crippen molar-refractivity contribution in [2.45, 2.75) is 27.2 Å². The molecule has 0 unspecified atom stereocenters. The molecule has 0 saturated carbocycles. The van der Waals surface area contributed by atoms with Gasteiger partial charge in [-0.1, -0.05) is 6.92 Å². The summed E-state index contributed by atoms with van der Waals surface area (Å²) in [6.07, 6.45) is 0.879. The number of rotatable bonds is 6. The first-order valence-electron chi connectivity index (χ1n) is 5.32. The van der Waals surface area contributed by atoms with Crippen molar-refractivity contribution >= 4 is 12.0 Å². The third kappa shape index (κ3) is 4.67. The van der Waals surface area contributed by atoms with Crippen LogP contribution in [0.4, 0.5) is 4.79 Å². The molecule has 5 heteroatoms. The zero-order valence-electron chi connectivity index (χ0n) is 9.69. The van der Waals surface area contributed by atoms with Crippen molar-refractivity contribution in [3.63, 3.8) is 0 Å². The van der Waals surface area contributed by atoms with E-state index in [2.05, 4.69) is 0 Å². The SMILES string of the molecule is CCCN(CC)C(=O)N(CC)CC(=O)O. The molecule has 0 aromatic heterocycles. The molecule has 2 amide bonds. The Morgan fingerprint density at radius 2 is 1.60 bits per heavy atom. The predicted octanol–water partition coefficient (Wildman–Crippen LogP) is 1.24. The number of aliphatic carboxylic acids is 1. The van der Waals surface area contributed by atoms with E-state index >= 15 is 0 Å². The van der Waals surface area contributed by atoms with E-state index in [1.165, 1.54) is 4.90 Å². The van der Waals surface area contributed by atoms with E-state index in [4.69, 9.17) is 5.11 Å². The number of hydrogen-bond acceptors (Lipinski definition) is 2. The van der Waals surface area contributed by atoms with Crippen molar-refractivity contribution in [3.8, 4) is 0 Å². The Kier molecular flexibility index (Phi) is 6.49. The van der Waals surface area contributed by atoms with E-state index in [9.17, 15) is 9.59 Å². The van der Waals surface area contributed by atoms with Gasteiger partial charge in [0, 0.05) is 19.6 Å². The van der Waals surface area contributed by atoms with Crippen LogP contribution >= 0.6 is 0 Å². The first-order chi connectivity index (χ1) is 7.06. The van der Waals surface area contributed by atoms with Crippen molar-refractivity contribution in [1.82, 2.24) is 9.80 Å². The van der Waals surface area contributed by atoms with Crippen LogP contribution in [0.3, 0.4) is 0 Å². The fraction of sp³-hybridized carbons (Fsp3) is 0.800. The van der Waals surface area contributed by atoms with Crippen LogP contribution in [0.1, 0.15) is 27.2 Å². The summed E-state index contributed by atoms with van der Waals surface area (Å²) < 4.78 is 0. The number of urea groups is 1. The van der Waals surface area contributed by atoms with Gasteiger partial charge in [0.25, 0.3) is 0 Å². The molecular formula is C10H20N2O3. The van der Waals surface area contributed by atoms with Gasteiger partial charge in [0.15, 0.2) is 0 Å². The highest BCUT2D eigenvalue weighted by Gasteiger charge is 2.19. The van der Waals surface area contributed by atoms with Crippen LogP contribution < -0.4 is 0 Å². The van der Waals surface area contributed by atoms with Crippen molar-refractivity contribution in [3.05, 3.63) is 0 Å². The van der Waals surface area contributed by atoms with Gasteiger partial charge in [-0.2, -0.15) is 0 Å². The number of amides is 2. The van der Waals surface area contributed by atoms with Crippen LogP contribution in [0.5, 0.6) is 0 Å². The summed E-state index contributed by atoms with van der Waals surface area (Å²) in [7, 11) is 0. The Labute approximate surface area is 90.7 Å². The molecule has 0 atom stereocenters. The second-order valence-electron chi connectivity index (χ2n) is 3.27. The second-order valence-corrected chi connectivity index (χ2v) is 3.27. The van der Waals surface area contributed by atoms with E-state index in [0.717, 1.165) is 6.42 Å². The smallest absolute Gasteiger partial charge is 0.323 e. The van der Waals surface area contributed by atoms with Gasteiger partial charge in [-0.25, -0.2) is 4.79 Å². The lowest BCUT2D eigenvalue weighted by Gasteiger charge is -2.27. The summed E-state index contributed by atoms with van der Waals surface area (Å²) in [5.74, 6) is -0.974. The Hall–Kier alpha value is -1.26. The van der Waals surface area contributed by atoms with Crippen molar-refractivity contribution < 1.29 is 14.7 Å². The summed E-state index contributed by atoms with van der Waals surface area (Å²) in [5.41, 5.74) is 0. The summed E-state index contributed by atoms with van der Waals surface area (Å²) >= 11 is 0. The van der Waals surface area contributed by atoms with Crippen molar-refractivity contribution in [2.75, 3.05) is 26.2 Å². The number of carboxylic acids is 1. The minimum Gasteiger partial charge on any atom is -0.480 e. The fourth-order valence-corrected chi connectivity index (χ4v) is 1.34. The number of carbonyl (C=O) groups is 2. The molecule has 0 aromatic carbocycles. The highest BCUT2D eigenvalue weighted by atomic mass is 16.4. The summed E-state index contributed by atoms with van der Waals surface area (Å²) in [6.45, 7) is 7.14. The highest BCUT2D eigenvalue weighted by molar-refractivity contribution is 5.80. The molecule has 15 heavy (non-hydrogen) atoms. The number of carbonyl (C=O) groups excluding carboxylic acids is 1. The molecular weight excluding hydrogens is 196 g/mol. The van der Waals surface area contributed by atoms with Gasteiger partial charge < -0.3 is 14.9 Å². The van der Waals surface area contributed by atoms with E-state index in [-0.39, 0.29) is 12.6 Å². The molecule has 0 aromatic rings. The van der Waals surface area contributed by atoms with Crippen LogP contribution in [-0.2, 0) is 4.79 Å². The Morgan fingerprint density at radius 3 is 1.93 bits per heavy atom.